The average Bonchev–Trinajstić information content (AvgIpc) is 2.70. The van der Waals surface area contributed by atoms with Gasteiger partial charge < -0.3 is 10.2 Å². The highest BCUT2D eigenvalue weighted by atomic mass is 16.4. The number of hydrogen-bond donors (Lipinski definition) is 2. The summed E-state index contributed by atoms with van der Waals surface area (Å²) in [7, 11) is 0. The van der Waals surface area contributed by atoms with Crippen LogP contribution < -0.4 is 4.57 Å². The third-order valence-corrected chi connectivity index (χ3v) is 2.49. The van der Waals surface area contributed by atoms with Crippen LogP contribution in [0.1, 0.15) is 32.2 Å². The number of aliphatic carboxylic acids is 2. The van der Waals surface area contributed by atoms with Crippen LogP contribution in [0.3, 0.4) is 0 Å². The van der Waals surface area contributed by atoms with Crippen molar-refractivity contribution in [3.05, 3.63) is 18.7 Å². The van der Waals surface area contributed by atoms with E-state index in [2.05, 4.69) is 6.92 Å². The van der Waals surface area contributed by atoms with Crippen LogP contribution in [-0.4, -0.2) is 26.7 Å². The zero-order chi connectivity index (χ0) is 12.8. The van der Waals surface area contributed by atoms with Crippen LogP contribution in [-0.2, 0) is 16.1 Å². The second kappa shape index (κ2) is 6.03. The largest absolute Gasteiger partial charge is 0.481 e. The van der Waals surface area contributed by atoms with E-state index in [1.165, 1.54) is 4.57 Å². The Morgan fingerprint density at radius 2 is 2.12 bits per heavy atom. The lowest BCUT2D eigenvalue weighted by atomic mass is 10.2. The van der Waals surface area contributed by atoms with Crippen molar-refractivity contribution < 1.29 is 24.4 Å². The number of hydrogen-bond acceptors (Lipinski definition) is 2. The zero-order valence-electron chi connectivity index (χ0n) is 9.74. The molecule has 0 bridgehead atoms. The van der Waals surface area contributed by atoms with Gasteiger partial charge in [0.05, 0.1) is 13.0 Å². The van der Waals surface area contributed by atoms with Crippen molar-refractivity contribution in [2.75, 3.05) is 0 Å². The maximum absolute atomic E-state index is 11.0. The molecule has 94 valence electrons. The van der Waals surface area contributed by atoms with Gasteiger partial charge in [-0.1, -0.05) is 13.3 Å². The summed E-state index contributed by atoms with van der Waals surface area (Å²) in [5.41, 5.74) is 0. The minimum absolute atomic E-state index is 0.419. The molecule has 1 aromatic rings. The molecule has 0 fully saturated rings. The first-order valence-corrected chi connectivity index (χ1v) is 5.55. The summed E-state index contributed by atoms with van der Waals surface area (Å²) in [4.78, 5) is 21.5. The van der Waals surface area contributed by atoms with Gasteiger partial charge in [0.25, 0.3) is 0 Å². The van der Waals surface area contributed by atoms with E-state index in [0.29, 0.717) is 0 Å². The van der Waals surface area contributed by atoms with Gasteiger partial charge in [-0.2, -0.15) is 0 Å². The van der Waals surface area contributed by atoms with E-state index in [1.807, 2.05) is 4.57 Å². The number of imidazole rings is 1. The Balaban J connectivity index is 2.77. The predicted octanol–water partition coefficient (Wildman–Crippen LogP) is 0.676. The predicted molar refractivity (Wildman–Crippen MR) is 58.5 cm³/mol. The van der Waals surface area contributed by atoms with Crippen molar-refractivity contribution in [2.24, 2.45) is 0 Å². The molecule has 0 aromatic carbocycles. The first-order chi connectivity index (χ1) is 8.04. The second-order valence-electron chi connectivity index (χ2n) is 3.90. The molecule has 17 heavy (non-hydrogen) atoms. The topological polar surface area (TPSA) is 83.4 Å². The fourth-order valence-corrected chi connectivity index (χ4v) is 1.55. The van der Waals surface area contributed by atoms with Crippen LogP contribution in [0.2, 0.25) is 0 Å². The van der Waals surface area contributed by atoms with Crippen LogP contribution in [0.5, 0.6) is 0 Å². The molecule has 0 radical (unpaired) electrons. The minimum atomic E-state index is -1.13. The number of rotatable bonds is 7. The van der Waals surface area contributed by atoms with Crippen LogP contribution in [0, 0.1) is 0 Å². The number of nitrogens with zero attached hydrogens (tertiary/aromatic N) is 2. The van der Waals surface area contributed by atoms with Gasteiger partial charge in [0.15, 0.2) is 0 Å². The van der Waals surface area contributed by atoms with Crippen molar-refractivity contribution in [1.29, 1.82) is 0 Å². The van der Waals surface area contributed by atoms with Crippen LogP contribution in [0.25, 0.3) is 0 Å². The summed E-state index contributed by atoms with van der Waals surface area (Å²) >= 11 is 0. The third kappa shape index (κ3) is 3.90. The molecule has 0 aliphatic heterocycles. The first kappa shape index (κ1) is 13.2. The molecule has 0 amide bonds. The molecule has 0 aliphatic rings. The van der Waals surface area contributed by atoms with Gasteiger partial charge in [-0.3, -0.25) is 4.79 Å². The Morgan fingerprint density at radius 3 is 2.65 bits per heavy atom. The number of carboxylic acids is 2. The summed E-state index contributed by atoms with van der Waals surface area (Å²) in [6, 6.07) is -1.05. The van der Waals surface area contributed by atoms with E-state index >= 15 is 0 Å². The summed E-state index contributed by atoms with van der Waals surface area (Å²) in [6.45, 7) is 2.88. The van der Waals surface area contributed by atoms with Gasteiger partial charge in [0, 0.05) is 0 Å². The number of unbranched alkanes of at least 4 members (excludes halogenated alkanes) is 1. The van der Waals surface area contributed by atoms with Gasteiger partial charge in [0.1, 0.15) is 12.4 Å². The van der Waals surface area contributed by atoms with E-state index in [1.54, 1.807) is 18.7 Å². The van der Waals surface area contributed by atoms with Gasteiger partial charge in [0.2, 0.25) is 12.4 Å². The minimum Gasteiger partial charge on any atom is -0.481 e. The van der Waals surface area contributed by atoms with Crippen molar-refractivity contribution in [1.82, 2.24) is 4.57 Å². The molecule has 1 atom stereocenters. The molecule has 0 saturated heterocycles. The monoisotopic (exact) mass is 241 g/mol. The molecule has 0 aliphatic carbocycles. The molecular formula is C11H17N2O4+. The Hall–Kier alpha value is -1.85. The van der Waals surface area contributed by atoms with Gasteiger partial charge in [-0.25, -0.2) is 13.9 Å². The van der Waals surface area contributed by atoms with Gasteiger partial charge in [-0.15, -0.1) is 0 Å². The lowest BCUT2D eigenvalue weighted by molar-refractivity contribution is -0.696. The van der Waals surface area contributed by atoms with E-state index in [0.717, 1.165) is 19.4 Å². The van der Waals surface area contributed by atoms with E-state index in [-0.39, 0.29) is 0 Å². The lowest BCUT2D eigenvalue weighted by Crippen LogP contribution is -2.32. The summed E-state index contributed by atoms with van der Waals surface area (Å²) < 4.78 is 3.29. The molecule has 6 nitrogen and oxygen atoms in total. The molecule has 6 heteroatoms. The Bertz CT molecular complexity index is 400. The molecule has 1 heterocycles. The highest BCUT2D eigenvalue weighted by Gasteiger charge is 2.27. The fraction of sp³-hybridized carbons (Fsp3) is 0.545. The molecule has 2 N–H and O–H groups in total. The van der Waals surface area contributed by atoms with Crippen LogP contribution >= 0.6 is 0 Å². The molecule has 0 saturated carbocycles. The van der Waals surface area contributed by atoms with E-state index < -0.39 is 24.4 Å². The third-order valence-electron chi connectivity index (χ3n) is 2.49. The highest BCUT2D eigenvalue weighted by molar-refractivity contribution is 5.79. The van der Waals surface area contributed by atoms with Crippen LogP contribution in [0.4, 0.5) is 0 Å². The molecule has 1 unspecified atom stereocenters. The van der Waals surface area contributed by atoms with Crippen LogP contribution in [0.15, 0.2) is 18.7 Å². The smallest absolute Gasteiger partial charge is 0.349 e. The Kier molecular flexibility index (Phi) is 4.68. The summed E-state index contributed by atoms with van der Waals surface area (Å²) in [6.07, 6.45) is 6.63. The number of carbonyl (C=O) groups is 2. The summed E-state index contributed by atoms with van der Waals surface area (Å²) in [5, 5.41) is 17.6. The fourth-order valence-electron chi connectivity index (χ4n) is 1.55. The highest BCUT2D eigenvalue weighted by Crippen LogP contribution is 2.10. The zero-order valence-corrected chi connectivity index (χ0v) is 9.74. The Morgan fingerprint density at radius 1 is 1.41 bits per heavy atom. The SMILES string of the molecule is CCCC[n+]1ccn(C(CC(=O)O)C(=O)O)c1. The summed E-state index contributed by atoms with van der Waals surface area (Å²) in [5.74, 6) is -2.25. The van der Waals surface area contributed by atoms with E-state index in [9.17, 15) is 9.59 Å². The quantitative estimate of drug-likeness (QED) is 0.687. The van der Waals surface area contributed by atoms with Crippen molar-refractivity contribution in [3.63, 3.8) is 0 Å². The molecule has 1 aromatic heterocycles. The molecular weight excluding hydrogens is 224 g/mol. The van der Waals surface area contributed by atoms with Crippen molar-refractivity contribution in [3.8, 4) is 0 Å². The van der Waals surface area contributed by atoms with Gasteiger partial charge >= 0.3 is 11.9 Å². The molecule has 1 rings (SSSR count). The lowest BCUT2D eigenvalue weighted by Gasteiger charge is -2.05. The standard InChI is InChI=1S/C11H16N2O4/c1-2-3-4-12-5-6-13(8-12)9(11(16)17)7-10(14)15/h5-6,8-9H,2-4,7H2,1H3,(H-,14,15,16,17)/p+1. The first-order valence-electron chi connectivity index (χ1n) is 5.55. The maximum Gasteiger partial charge on any atom is 0.349 e. The maximum atomic E-state index is 11.0. The molecule has 0 spiro atoms. The Labute approximate surface area is 99.1 Å². The number of carboxylic acid groups (broad SMARTS) is 2. The second-order valence-corrected chi connectivity index (χ2v) is 3.90. The van der Waals surface area contributed by atoms with Crippen molar-refractivity contribution in [2.45, 2.75) is 38.8 Å². The average molecular weight is 241 g/mol. The number of aromatic nitrogens is 2. The van der Waals surface area contributed by atoms with Crippen molar-refractivity contribution >= 4 is 11.9 Å². The normalized spacial score (nSPS) is 12.3. The van der Waals surface area contributed by atoms with E-state index in [4.69, 9.17) is 10.2 Å². The van der Waals surface area contributed by atoms with Gasteiger partial charge in [-0.05, 0) is 6.42 Å². The number of aryl methyl sites for hydroxylation is 1.